The molecule has 1 atom stereocenters. The third-order valence-electron chi connectivity index (χ3n) is 7.38. The number of nitro groups is 1. The van der Waals surface area contributed by atoms with Gasteiger partial charge in [0.15, 0.2) is 0 Å². The number of carbonyl (C=O) groups excluding carboxylic acids is 1. The first-order chi connectivity index (χ1) is 19.3. The summed E-state index contributed by atoms with van der Waals surface area (Å²) >= 11 is 0. The number of fused-ring (bicyclic) bond motifs is 1. The Labute approximate surface area is 231 Å². The second-order valence-corrected chi connectivity index (χ2v) is 9.82. The number of aryl methyl sites for hydroxylation is 1. The van der Waals surface area contributed by atoms with Gasteiger partial charge in [0.05, 0.1) is 34.2 Å². The van der Waals surface area contributed by atoms with Crippen LogP contribution in [-0.2, 0) is 0 Å². The maximum atomic E-state index is 13.7. The Morgan fingerprint density at radius 1 is 1.05 bits per heavy atom. The van der Waals surface area contributed by atoms with Crippen LogP contribution in [0.4, 0.5) is 5.69 Å². The highest BCUT2D eigenvalue weighted by molar-refractivity contribution is 5.95. The van der Waals surface area contributed by atoms with E-state index in [1.54, 1.807) is 34.6 Å². The molecule has 0 spiro atoms. The molecule has 1 saturated heterocycles. The summed E-state index contributed by atoms with van der Waals surface area (Å²) in [6.07, 6.45) is 0. The first kappa shape index (κ1) is 27.0. The van der Waals surface area contributed by atoms with Crippen LogP contribution in [0.3, 0.4) is 0 Å². The summed E-state index contributed by atoms with van der Waals surface area (Å²) in [6.45, 7) is 8.16. The summed E-state index contributed by atoms with van der Waals surface area (Å²) in [5.41, 5.74) is 1.94. The number of carbonyl (C=O) groups is 1. The Balaban J connectivity index is 1.41. The molecule has 10 nitrogen and oxygen atoms in total. The first-order valence-corrected chi connectivity index (χ1v) is 13.3. The van der Waals surface area contributed by atoms with Gasteiger partial charge in [-0.15, -0.1) is 0 Å². The number of aromatic nitrogens is 2. The van der Waals surface area contributed by atoms with Crippen LogP contribution in [0.15, 0.2) is 71.5 Å². The molecule has 10 heteroatoms. The van der Waals surface area contributed by atoms with Crippen LogP contribution in [0.2, 0.25) is 0 Å². The molecule has 4 aromatic rings. The minimum Gasteiger partial charge on any atom is -0.494 e. The molecule has 1 fully saturated rings. The molecular formula is C30H31N5O5. The average molecular weight is 542 g/mol. The highest BCUT2D eigenvalue weighted by Crippen LogP contribution is 2.26. The number of piperazine rings is 1. The van der Waals surface area contributed by atoms with Crippen LogP contribution in [-0.4, -0.2) is 63.0 Å². The van der Waals surface area contributed by atoms with Crippen molar-refractivity contribution < 1.29 is 14.5 Å². The van der Waals surface area contributed by atoms with E-state index in [0.717, 1.165) is 5.75 Å². The van der Waals surface area contributed by atoms with Crippen molar-refractivity contribution in [2.45, 2.75) is 26.8 Å². The van der Waals surface area contributed by atoms with E-state index in [0.29, 0.717) is 66.3 Å². The Morgan fingerprint density at radius 3 is 2.42 bits per heavy atom. The number of nitro benzene ring substituents is 1. The summed E-state index contributed by atoms with van der Waals surface area (Å²) in [7, 11) is 0. The predicted molar refractivity (Wildman–Crippen MR) is 152 cm³/mol. The monoisotopic (exact) mass is 541 g/mol. The molecule has 40 heavy (non-hydrogen) atoms. The molecule has 0 bridgehead atoms. The van der Waals surface area contributed by atoms with Gasteiger partial charge in [0.2, 0.25) is 0 Å². The second kappa shape index (κ2) is 11.3. The van der Waals surface area contributed by atoms with Crippen molar-refractivity contribution in [2.75, 3.05) is 32.8 Å². The van der Waals surface area contributed by atoms with Gasteiger partial charge in [-0.05, 0) is 63.2 Å². The smallest absolute Gasteiger partial charge is 0.273 e. The number of hydrogen-bond acceptors (Lipinski definition) is 7. The molecule has 0 aliphatic carbocycles. The van der Waals surface area contributed by atoms with E-state index >= 15 is 0 Å². The lowest BCUT2D eigenvalue weighted by atomic mass is 10.1. The Bertz CT molecular complexity index is 1620. The zero-order chi connectivity index (χ0) is 28.4. The fourth-order valence-electron chi connectivity index (χ4n) is 5.14. The van der Waals surface area contributed by atoms with Crippen molar-refractivity contribution in [3.63, 3.8) is 0 Å². The van der Waals surface area contributed by atoms with Crippen molar-refractivity contribution in [2.24, 2.45) is 0 Å². The Morgan fingerprint density at radius 2 is 1.75 bits per heavy atom. The number of rotatable bonds is 7. The van der Waals surface area contributed by atoms with Gasteiger partial charge < -0.3 is 9.64 Å². The number of hydrogen-bond donors (Lipinski definition) is 0. The van der Waals surface area contributed by atoms with Crippen molar-refractivity contribution >= 4 is 22.5 Å². The molecule has 1 aliphatic rings. The Hall–Kier alpha value is -4.57. The van der Waals surface area contributed by atoms with E-state index < -0.39 is 4.92 Å². The minimum absolute atomic E-state index is 0.0623. The van der Waals surface area contributed by atoms with Crippen molar-refractivity contribution in [3.05, 3.63) is 104 Å². The highest BCUT2D eigenvalue weighted by atomic mass is 16.6. The summed E-state index contributed by atoms with van der Waals surface area (Å²) in [4.78, 5) is 46.6. The van der Waals surface area contributed by atoms with Crippen LogP contribution in [0.25, 0.3) is 16.6 Å². The molecule has 1 aliphatic heterocycles. The summed E-state index contributed by atoms with van der Waals surface area (Å²) < 4.78 is 7.24. The van der Waals surface area contributed by atoms with Crippen molar-refractivity contribution in [1.82, 2.24) is 19.4 Å². The van der Waals surface area contributed by atoms with Gasteiger partial charge in [0.1, 0.15) is 11.6 Å². The van der Waals surface area contributed by atoms with Gasteiger partial charge in [0.25, 0.3) is 17.2 Å². The molecule has 0 N–H and O–H groups in total. The van der Waals surface area contributed by atoms with Gasteiger partial charge in [-0.3, -0.25) is 29.2 Å². The molecular weight excluding hydrogens is 510 g/mol. The van der Waals surface area contributed by atoms with Gasteiger partial charge in [-0.1, -0.05) is 18.2 Å². The number of amides is 1. The predicted octanol–water partition coefficient (Wildman–Crippen LogP) is 4.52. The van der Waals surface area contributed by atoms with Gasteiger partial charge in [-0.2, -0.15) is 0 Å². The van der Waals surface area contributed by atoms with E-state index in [-0.39, 0.29) is 23.2 Å². The normalized spacial score (nSPS) is 14.7. The van der Waals surface area contributed by atoms with Crippen molar-refractivity contribution in [3.8, 4) is 11.4 Å². The number of ether oxygens (including phenoxy) is 1. The second-order valence-electron chi connectivity index (χ2n) is 9.82. The van der Waals surface area contributed by atoms with Crippen LogP contribution >= 0.6 is 0 Å². The van der Waals surface area contributed by atoms with E-state index in [9.17, 15) is 19.7 Å². The molecule has 0 saturated carbocycles. The van der Waals surface area contributed by atoms with Gasteiger partial charge >= 0.3 is 0 Å². The van der Waals surface area contributed by atoms with Crippen LogP contribution < -0.4 is 10.3 Å². The topological polar surface area (TPSA) is 111 Å². The molecule has 3 aromatic carbocycles. The maximum Gasteiger partial charge on any atom is 0.273 e. The minimum atomic E-state index is -0.466. The molecule has 5 rings (SSSR count). The number of para-hydroxylation sites is 1. The van der Waals surface area contributed by atoms with E-state index in [1.807, 2.05) is 56.3 Å². The lowest BCUT2D eigenvalue weighted by Crippen LogP contribution is -2.50. The summed E-state index contributed by atoms with van der Waals surface area (Å²) in [5.74, 6) is 1.11. The average Bonchev–Trinajstić information content (AvgIpc) is 2.97. The lowest BCUT2D eigenvalue weighted by molar-refractivity contribution is -0.385. The number of benzene rings is 3. The fourth-order valence-corrected chi connectivity index (χ4v) is 5.14. The largest absolute Gasteiger partial charge is 0.494 e. The maximum absolute atomic E-state index is 13.7. The van der Waals surface area contributed by atoms with Crippen LogP contribution in [0.1, 0.15) is 41.6 Å². The SMILES string of the molecule is CCOc1ccc(-n2c(C(C)N3CCN(C(=O)c4ccc(C)c([N+](=O)[O-])c4)CC3)nc3ccccc3c2=O)cc1. The first-order valence-electron chi connectivity index (χ1n) is 13.3. The molecule has 206 valence electrons. The Kier molecular flexibility index (Phi) is 7.61. The molecule has 1 amide bonds. The van der Waals surface area contributed by atoms with Gasteiger partial charge in [-0.25, -0.2) is 4.98 Å². The quantitative estimate of drug-likeness (QED) is 0.250. The third-order valence-corrected chi connectivity index (χ3v) is 7.38. The third kappa shape index (κ3) is 5.17. The van der Waals surface area contributed by atoms with Crippen LogP contribution in [0, 0.1) is 17.0 Å². The molecule has 1 aromatic heterocycles. The zero-order valence-corrected chi connectivity index (χ0v) is 22.7. The van der Waals surface area contributed by atoms with E-state index in [2.05, 4.69) is 4.90 Å². The van der Waals surface area contributed by atoms with E-state index in [4.69, 9.17) is 9.72 Å². The van der Waals surface area contributed by atoms with Crippen molar-refractivity contribution in [1.29, 1.82) is 0 Å². The number of nitrogens with zero attached hydrogens (tertiary/aromatic N) is 5. The fraction of sp³-hybridized carbons (Fsp3) is 0.300. The molecule has 2 heterocycles. The van der Waals surface area contributed by atoms with Crippen LogP contribution in [0.5, 0.6) is 5.75 Å². The molecule has 0 radical (unpaired) electrons. The van der Waals surface area contributed by atoms with Gasteiger partial charge in [0, 0.05) is 43.4 Å². The highest BCUT2D eigenvalue weighted by Gasteiger charge is 2.29. The lowest BCUT2D eigenvalue weighted by Gasteiger charge is -2.38. The van der Waals surface area contributed by atoms with E-state index in [1.165, 1.54) is 6.07 Å². The standard InChI is InChI=1S/C30H31N5O5/c1-4-40-24-13-11-23(12-14-24)34-28(31-26-8-6-5-7-25(26)30(34)37)21(3)32-15-17-33(18-16-32)29(36)22-10-9-20(2)27(19-22)35(38)39/h5-14,19,21H,4,15-18H2,1-3H3. The zero-order valence-electron chi connectivity index (χ0n) is 22.7. The molecule has 1 unspecified atom stereocenters. The summed E-state index contributed by atoms with van der Waals surface area (Å²) in [6, 6.07) is 19.1. The summed E-state index contributed by atoms with van der Waals surface area (Å²) in [5, 5.41) is 11.9.